The van der Waals surface area contributed by atoms with Gasteiger partial charge < -0.3 is 10.3 Å². The maximum Gasteiger partial charge on any atom is 0.146 e. The highest BCUT2D eigenvalue weighted by molar-refractivity contribution is 5.21. The van der Waals surface area contributed by atoms with Crippen molar-refractivity contribution in [1.29, 1.82) is 0 Å². The molecule has 0 amide bonds. The van der Waals surface area contributed by atoms with Crippen LogP contribution in [0, 0.1) is 6.92 Å². The molecule has 1 aromatic heterocycles. The van der Waals surface area contributed by atoms with Crippen LogP contribution in [0.4, 0.5) is 0 Å². The highest BCUT2D eigenvalue weighted by Gasteiger charge is 2.06. The van der Waals surface area contributed by atoms with Crippen molar-refractivity contribution in [3.8, 4) is 0 Å². The minimum absolute atomic E-state index is 0.439. The van der Waals surface area contributed by atoms with Crippen LogP contribution in [0.15, 0.2) is 24.3 Å². The number of rotatable bonds is 4. The van der Waals surface area contributed by atoms with Crippen molar-refractivity contribution in [2.75, 3.05) is 0 Å². The molecule has 0 unspecified atom stereocenters. The molecule has 1 aromatic carbocycles. The zero-order valence-electron chi connectivity index (χ0n) is 10.3. The molecule has 2 rings (SSSR count). The van der Waals surface area contributed by atoms with E-state index in [4.69, 9.17) is 5.73 Å². The molecule has 4 heteroatoms. The second kappa shape index (κ2) is 5.10. The summed E-state index contributed by atoms with van der Waals surface area (Å²) in [5, 5.41) is 8.20. The Morgan fingerprint density at radius 2 is 1.71 bits per heavy atom. The van der Waals surface area contributed by atoms with Gasteiger partial charge >= 0.3 is 0 Å². The normalized spacial score (nSPS) is 10.8. The van der Waals surface area contributed by atoms with Gasteiger partial charge in [0.1, 0.15) is 11.6 Å². The number of aromatic nitrogens is 3. The molecule has 0 spiro atoms. The first kappa shape index (κ1) is 11.8. The predicted octanol–water partition coefficient (Wildman–Crippen LogP) is 1.37. The summed E-state index contributed by atoms with van der Waals surface area (Å²) in [6.07, 6.45) is 1.88. The smallest absolute Gasteiger partial charge is 0.146 e. The van der Waals surface area contributed by atoms with Crippen LogP contribution in [0.25, 0.3) is 0 Å². The Hall–Kier alpha value is -1.68. The second-order valence-corrected chi connectivity index (χ2v) is 4.28. The summed E-state index contributed by atoms with van der Waals surface area (Å²) in [7, 11) is 1.96. The average Bonchev–Trinajstić information content (AvgIpc) is 2.69. The van der Waals surface area contributed by atoms with Crippen molar-refractivity contribution in [1.82, 2.24) is 14.8 Å². The minimum atomic E-state index is 0.439. The second-order valence-electron chi connectivity index (χ2n) is 4.28. The van der Waals surface area contributed by atoms with E-state index in [0.717, 1.165) is 24.5 Å². The minimum Gasteiger partial charge on any atom is -0.324 e. The zero-order chi connectivity index (χ0) is 12.3. The number of aryl methyl sites for hydroxylation is 3. The molecule has 0 aliphatic carbocycles. The summed E-state index contributed by atoms with van der Waals surface area (Å²) < 4.78 is 1.98. The van der Waals surface area contributed by atoms with Gasteiger partial charge in [0.25, 0.3) is 0 Å². The van der Waals surface area contributed by atoms with Gasteiger partial charge in [-0.05, 0) is 18.9 Å². The van der Waals surface area contributed by atoms with Gasteiger partial charge in [0, 0.05) is 13.5 Å². The lowest BCUT2D eigenvalue weighted by Gasteiger charge is -2.03. The number of nitrogens with two attached hydrogens (primary N) is 1. The molecule has 0 fully saturated rings. The lowest BCUT2D eigenvalue weighted by molar-refractivity contribution is 0.733. The third kappa shape index (κ3) is 2.71. The van der Waals surface area contributed by atoms with Gasteiger partial charge in [-0.1, -0.05) is 29.8 Å². The summed E-state index contributed by atoms with van der Waals surface area (Å²) in [4.78, 5) is 0. The number of nitrogens with zero attached hydrogens (tertiary/aromatic N) is 3. The number of benzene rings is 1. The van der Waals surface area contributed by atoms with E-state index in [1.165, 1.54) is 11.1 Å². The van der Waals surface area contributed by atoms with Gasteiger partial charge in [0.05, 0.1) is 6.54 Å². The molecular formula is C13H18N4. The fourth-order valence-electron chi connectivity index (χ4n) is 1.80. The van der Waals surface area contributed by atoms with E-state index in [9.17, 15) is 0 Å². The van der Waals surface area contributed by atoms with E-state index >= 15 is 0 Å². The Morgan fingerprint density at radius 3 is 2.29 bits per heavy atom. The monoisotopic (exact) mass is 230 g/mol. The van der Waals surface area contributed by atoms with Crippen molar-refractivity contribution < 1.29 is 0 Å². The molecule has 2 N–H and O–H groups in total. The summed E-state index contributed by atoms with van der Waals surface area (Å²) in [5.74, 6) is 1.83. The van der Waals surface area contributed by atoms with Crippen molar-refractivity contribution in [3.05, 3.63) is 47.0 Å². The molecule has 0 radical (unpaired) electrons. The molecule has 0 atom stereocenters. The first-order valence-electron chi connectivity index (χ1n) is 5.83. The summed E-state index contributed by atoms with van der Waals surface area (Å²) in [6, 6.07) is 8.60. The van der Waals surface area contributed by atoms with Crippen LogP contribution in [0.3, 0.4) is 0 Å². The molecule has 4 nitrogen and oxygen atoms in total. The molecule has 0 aliphatic heterocycles. The van der Waals surface area contributed by atoms with E-state index < -0.39 is 0 Å². The lowest BCUT2D eigenvalue weighted by atomic mass is 10.1. The van der Waals surface area contributed by atoms with Crippen LogP contribution in [-0.2, 0) is 26.4 Å². The zero-order valence-corrected chi connectivity index (χ0v) is 10.3. The van der Waals surface area contributed by atoms with E-state index in [0.29, 0.717) is 6.54 Å². The van der Waals surface area contributed by atoms with Crippen LogP contribution in [-0.4, -0.2) is 14.8 Å². The molecule has 17 heavy (non-hydrogen) atoms. The van der Waals surface area contributed by atoms with Crippen LogP contribution in [0.5, 0.6) is 0 Å². The number of hydrogen-bond donors (Lipinski definition) is 1. The van der Waals surface area contributed by atoms with Crippen molar-refractivity contribution in [2.45, 2.75) is 26.3 Å². The average molecular weight is 230 g/mol. The summed E-state index contributed by atoms with van der Waals surface area (Å²) in [6.45, 7) is 2.54. The Morgan fingerprint density at radius 1 is 1.06 bits per heavy atom. The maximum absolute atomic E-state index is 5.56. The van der Waals surface area contributed by atoms with Gasteiger partial charge in [0.15, 0.2) is 0 Å². The van der Waals surface area contributed by atoms with Crippen molar-refractivity contribution >= 4 is 0 Å². The van der Waals surface area contributed by atoms with Gasteiger partial charge in [-0.3, -0.25) is 0 Å². The maximum atomic E-state index is 5.56. The molecule has 0 saturated carbocycles. The topological polar surface area (TPSA) is 56.7 Å². The van der Waals surface area contributed by atoms with E-state index in [1.54, 1.807) is 0 Å². The Balaban J connectivity index is 2.02. The largest absolute Gasteiger partial charge is 0.324 e. The SMILES string of the molecule is Cc1ccc(CCc2nnc(CN)n2C)cc1. The van der Waals surface area contributed by atoms with E-state index in [1.807, 2.05) is 11.6 Å². The van der Waals surface area contributed by atoms with Gasteiger partial charge in [-0.25, -0.2) is 0 Å². The Bertz CT molecular complexity index is 485. The third-order valence-corrected chi connectivity index (χ3v) is 3.00. The summed E-state index contributed by atoms with van der Waals surface area (Å²) in [5.41, 5.74) is 8.18. The van der Waals surface area contributed by atoms with Crippen LogP contribution in [0.1, 0.15) is 22.8 Å². The van der Waals surface area contributed by atoms with Crippen LogP contribution < -0.4 is 5.73 Å². The number of hydrogen-bond acceptors (Lipinski definition) is 3. The van der Waals surface area contributed by atoms with Gasteiger partial charge in [-0.15, -0.1) is 10.2 Å². The highest BCUT2D eigenvalue weighted by Crippen LogP contribution is 2.07. The molecular weight excluding hydrogens is 212 g/mol. The fraction of sp³-hybridized carbons (Fsp3) is 0.385. The molecule has 1 heterocycles. The van der Waals surface area contributed by atoms with E-state index in [2.05, 4.69) is 41.4 Å². The van der Waals surface area contributed by atoms with Crippen LogP contribution in [0.2, 0.25) is 0 Å². The Labute approximate surface area is 101 Å². The molecule has 0 aliphatic rings. The van der Waals surface area contributed by atoms with Crippen molar-refractivity contribution in [3.63, 3.8) is 0 Å². The summed E-state index contributed by atoms with van der Waals surface area (Å²) >= 11 is 0. The molecule has 0 bridgehead atoms. The quantitative estimate of drug-likeness (QED) is 0.863. The van der Waals surface area contributed by atoms with Gasteiger partial charge in [0.2, 0.25) is 0 Å². The van der Waals surface area contributed by atoms with Crippen molar-refractivity contribution in [2.24, 2.45) is 12.8 Å². The first-order valence-corrected chi connectivity index (χ1v) is 5.83. The van der Waals surface area contributed by atoms with Gasteiger partial charge in [-0.2, -0.15) is 0 Å². The standard InChI is InChI=1S/C13H18N4/c1-10-3-5-11(6-4-10)7-8-12-15-16-13(9-14)17(12)2/h3-6H,7-9,14H2,1-2H3. The predicted molar refractivity (Wildman–Crippen MR) is 67.5 cm³/mol. The first-order chi connectivity index (χ1) is 8.20. The molecule has 90 valence electrons. The molecule has 2 aromatic rings. The lowest BCUT2D eigenvalue weighted by Crippen LogP contribution is -2.07. The van der Waals surface area contributed by atoms with E-state index in [-0.39, 0.29) is 0 Å². The highest BCUT2D eigenvalue weighted by atomic mass is 15.3. The molecule has 0 saturated heterocycles. The fourth-order valence-corrected chi connectivity index (χ4v) is 1.80. The third-order valence-electron chi connectivity index (χ3n) is 3.00. The Kier molecular flexibility index (Phi) is 3.54. The van der Waals surface area contributed by atoms with Crippen LogP contribution >= 0.6 is 0 Å².